The molecule has 0 fully saturated rings. The first-order valence-corrected chi connectivity index (χ1v) is 6.89. The average molecular weight is 296 g/mol. The van der Waals surface area contributed by atoms with Gasteiger partial charge in [-0.3, -0.25) is 4.79 Å². The van der Waals surface area contributed by atoms with Crippen molar-refractivity contribution in [1.29, 1.82) is 0 Å². The SMILES string of the molecule is CC(C)Oc1nc(N)nc(NCCC(=O)NC(C)(C)C)n1. The molecule has 0 saturated carbocycles. The summed E-state index contributed by atoms with van der Waals surface area (Å²) in [5.74, 6) is 0.319. The maximum Gasteiger partial charge on any atom is 0.323 e. The normalized spacial score (nSPS) is 11.3. The molecule has 118 valence electrons. The number of nitrogens with two attached hydrogens (primary N) is 1. The molecule has 0 radical (unpaired) electrons. The van der Waals surface area contributed by atoms with Gasteiger partial charge in [0.05, 0.1) is 6.10 Å². The van der Waals surface area contributed by atoms with Crippen molar-refractivity contribution in [1.82, 2.24) is 20.3 Å². The number of carbonyl (C=O) groups is 1. The minimum atomic E-state index is -0.243. The largest absolute Gasteiger partial charge is 0.461 e. The number of nitrogens with one attached hydrogen (secondary N) is 2. The van der Waals surface area contributed by atoms with Gasteiger partial charge in [0.15, 0.2) is 0 Å². The molecule has 8 nitrogen and oxygen atoms in total. The molecule has 0 aliphatic carbocycles. The van der Waals surface area contributed by atoms with Crippen LogP contribution in [0.1, 0.15) is 41.0 Å². The maximum absolute atomic E-state index is 11.7. The van der Waals surface area contributed by atoms with Crippen LogP contribution in [0.25, 0.3) is 0 Å². The predicted octanol–water partition coefficient (Wildman–Crippen LogP) is 0.958. The number of hydrogen-bond acceptors (Lipinski definition) is 7. The van der Waals surface area contributed by atoms with E-state index in [0.717, 1.165) is 0 Å². The summed E-state index contributed by atoms with van der Waals surface area (Å²) in [6.45, 7) is 9.92. The first kappa shape index (κ1) is 16.9. The fourth-order valence-corrected chi connectivity index (χ4v) is 1.48. The number of rotatable bonds is 6. The van der Waals surface area contributed by atoms with Crippen LogP contribution in [0.2, 0.25) is 0 Å². The monoisotopic (exact) mass is 296 g/mol. The van der Waals surface area contributed by atoms with Gasteiger partial charge in [-0.1, -0.05) is 0 Å². The quantitative estimate of drug-likeness (QED) is 0.716. The van der Waals surface area contributed by atoms with Gasteiger partial charge < -0.3 is 21.1 Å². The summed E-state index contributed by atoms with van der Waals surface area (Å²) in [4.78, 5) is 23.6. The highest BCUT2D eigenvalue weighted by molar-refractivity contribution is 5.77. The van der Waals surface area contributed by atoms with Crippen molar-refractivity contribution in [2.75, 3.05) is 17.6 Å². The molecular formula is C13H24N6O2. The molecule has 0 bridgehead atoms. The Morgan fingerprint density at radius 3 is 2.52 bits per heavy atom. The molecule has 0 spiro atoms. The molecule has 0 aliphatic heterocycles. The van der Waals surface area contributed by atoms with Crippen LogP contribution < -0.4 is 21.1 Å². The summed E-state index contributed by atoms with van der Waals surface area (Å²) in [6.07, 6.45) is 0.251. The minimum Gasteiger partial charge on any atom is -0.461 e. The van der Waals surface area contributed by atoms with Crippen molar-refractivity contribution >= 4 is 17.8 Å². The number of amides is 1. The van der Waals surface area contributed by atoms with Crippen LogP contribution >= 0.6 is 0 Å². The van der Waals surface area contributed by atoms with E-state index in [9.17, 15) is 4.79 Å². The first-order valence-electron chi connectivity index (χ1n) is 6.89. The highest BCUT2D eigenvalue weighted by Crippen LogP contribution is 2.10. The number of anilines is 2. The number of hydrogen-bond donors (Lipinski definition) is 3. The van der Waals surface area contributed by atoms with E-state index < -0.39 is 0 Å². The molecule has 0 saturated heterocycles. The Bertz CT molecular complexity index is 484. The van der Waals surface area contributed by atoms with Crippen LogP contribution in [0.15, 0.2) is 0 Å². The molecular weight excluding hydrogens is 272 g/mol. The van der Waals surface area contributed by atoms with Gasteiger partial charge in [0.2, 0.25) is 17.8 Å². The van der Waals surface area contributed by atoms with E-state index in [0.29, 0.717) is 18.9 Å². The van der Waals surface area contributed by atoms with Crippen LogP contribution in [0.5, 0.6) is 6.01 Å². The Balaban J connectivity index is 2.52. The summed E-state index contributed by atoms with van der Waals surface area (Å²) in [7, 11) is 0. The molecule has 1 heterocycles. The Morgan fingerprint density at radius 1 is 1.29 bits per heavy atom. The molecule has 0 atom stereocenters. The second-order valence-electron chi connectivity index (χ2n) is 5.94. The van der Waals surface area contributed by atoms with Gasteiger partial charge >= 0.3 is 6.01 Å². The maximum atomic E-state index is 11.7. The van der Waals surface area contributed by atoms with Gasteiger partial charge in [0.1, 0.15) is 0 Å². The lowest BCUT2D eigenvalue weighted by Gasteiger charge is -2.20. The lowest BCUT2D eigenvalue weighted by Crippen LogP contribution is -2.41. The van der Waals surface area contributed by atoms with Crippen molar-refractivity contribution < 1.29 is 9.53 Å². The summed E-state index contributed by atoms with van der Waals surface area (Å²) in [5.41, 5.74) is 5.35. The molecule has 0 aromatic carbocycles. The molecule has 1 aromatic rings. The Morgan fingerprint density at radius 2 is 1.95 bits per heavy atom. The van der Waals surface area contributed by atoms with E-state index in [1.165, 1.54) is 0 Å². The van der Waals surface area contributed by atoms with Crippen LogP contribution in [0.4, 0.5) is 11.9 Å². The van der Waals surface area contributed by atoms with Crippen molar-refractivity contribution in [2.45, 2.75) is 52.7 Å². The van der Waals surface area contributed by atoms with Gasteiger partial charge in [-0.05, 0) is 34.6 Å². The fraction of sp³-hybridized carbons (Fsp3) is 0.692. The van der Waals surface area contributed by atoms with Gasteiger partial charge in [0, 0.05) is 18.5 Å². The second kappa shape index (κ2) is 7.05. The second-order valence-corrected chi connectivity index (χ2v) is 5.94. The summed E-state index contributed by atoms with van der Waals surface area (Å²) < 4.78 is 5.37. The zero-order valence-corrected chi connectivity index (χ0v) is 13.2. The molecule has 8 heteroatoms. The van der Waals surface area contributed by atoms with E-state index in [1.807, 2.05) is 34.6 Å². The highest BCUT2D eigenvalue weighted by Gasteiger charge is 2.13. The van der Waals surface area contributed by atoms with Crippen molar-refractivity contribution in [3.63, 3.8) is 0 Å². The van der Waals surface area contributed by atoms with Crippen molar-refractivity contribution in [2.24, 2.45) is 0 Å². The average Bonchev–Trinajstić information content (AvgIpc) is 2.24. The summed E-state index contributed by atoms with van der Waals surface area (Å²) in [6, 6.07) is 0.166. The molecule has 1 amide bonds. The van der Waals surface area contributed by atoms with Gasteiger partial charge in [-0.15, -0.1) is 0 Å². The number of nitrogen functional groups attached to an aromatic ring is 1. The van der Waals surface area contributed by atoms with E-state index >= 15 is 0 Å². The van der Waals surface area contributed by atoms with E-state index in [2.05, 4.69) is 25.6 Å². The minimum absolute atomic E-state index is 0.0457. The molecule has 0 unspecified atom stereocenters. The number of aromatic nitrogens is 3. The molecule has 1 rings (SSSR count). The van der Waals surface area contributed by atoms with Gasteiger partial charge in [0.25, 0.3) is 0 Å². The van der Waals surface area contributed by atoms with Crippen molar-refractivity contribution in [3.8, 4) is 6.01 Å². The zero-order valence-electron chi connectivity index (χ0n) is 13.2. The standard InChI is InChI=1S/C13H24N6O2/c1-8(2)21-12-17-10(14)16-11(18-12)15-7-6-9(20)19-13(3,4)5/h8H,6-7H2,1-5H3,(H,19,20)(H3,14,15,16,17,18). The number of ether oxygens (including phenoxy) is 1. The van der Waals surface area contributed by atoms with Gasteiger partial charge in [-0.2, -0.15) is 15.0 Å². The molecule has 1 aromatic heterocycles. The Kier molecular flexibility index (Phi) is 5.69. The zero-order chi connectivity index (χ0) is 16.0. The predicted molar refractivity (Wildman–Crippen MR) is 81.0 cm³/mol. The molecule has 0 aliphatic rings. The topological polar surface area (TPSA) is 115 Å². The fourth-order valence-electron chi connectivity index (χ4n) is 1.48. The lowest BCUT2D eigenvalue weighted by atomic mass is 10.1. The Hall–Kier alpha value is -2.12. The smallest absolute Gasteiger partial charge is 0.323 e. The van der Waals surface area contributed by atoms with Crippen LogP contribution in [0.3, 0.4) is 0 Å². The van der Waals surface area contributed by atoms with E-state index in [1.54, 1.807) is 0 Å². The van der Waals surface area contributed by atoms with Crippen molar-refractivity contribution in [3.05, 3.63) is 0 Å². The van der Waals surface area contributed by atoms with E-state index in [-0.39, 0.29) is 29.5 Å². The molecule has 4 N–H and O–H groups in total. The molecule has 21 heavy (non-hydrogen) atoms. The highest BCUT2D eigenvalue weighted by atomic mass is 16.5. The summed E-state index contributed by atoms with van der Waals surface area (Å²) in [5, 5.41) is 5.81. The van der Waals surface area contributed by atoms with Crippen LogP contribution in [0, 0.1) is 0 Å². The third-order valence-electron chi connectivity index (χ3n) is 2.12. The third-order valence-corrected chi connectivity index (χ3v) is 2.12. The summed E-state index contributed by atoms with van der Waals surface area (Å²) >= 11 is 0. The van der Waals surface area contributed by atoms with Crippen LogP contribution in [-0.2, 0) is 4.79 Å². The lowest BCUT2D eigenvalue weighted by molar-refractivity contribution is -0.122. The Labute approximate surface area is 124 Å². The first-order chi connectivity index (χ1) is 9.65. The third kappa shape index (κ3) is 7.28. The number of carbonyl (C=O) groups excluding carboxylic acids is 1. The van der Waals surface area contributed by atoms with E-state index in [4.69, 9.17) is 10.5 Å². The van der Waals surface area contributed by atoms with Gasteiger partial charge in [-0.25, -0.2) is 0 Å². The van der Waals surface area contributed by atoms with Crippen LogP contribution in [-0.4, -0.2) is 39.0 Å². The number of nitrogens with zero attached hydrogens (tertiary/aromatic N) is 3.